The van der Waals surface area contributed by atoms with Crippen molar-refractivity contribution < 1.29 is 9.21 Å². The van der Waals surface area contributed by atoms with E-state index in [-0.39, 0.29) is 12.5 Å². The molecule has 2 aromatic heterocycles. The maximum absolute atomic E-state index is 12.3. The average molecular weight is 342 g/mol. The van der Waals surface area contributed by atoms with Gasteiger partial charge in [-0.3, -0.25) is 9.69 Å². The van der Waals surface area contributed by atoms with E-state index in [2.05, 4.69) is 17.5 Å². The van der Waals surface area contributed by atoms with Crippen LogP contribution in [0.2, 0.25) is 0 Å². The summed E-state index contributed by atoms with van der Waals surface area (Å²) in [5, 5.41) is 21.4. The lowest BCUT2D eigenvalue weighted by molar-refractivity contribution is -0.117. The van der Waals surface area contributed by atoms with Gasteiger partial charge in [0.05, 0.1) is 31.0 Å². The van der Waals surface area contributed by atoms with Gasteiger partial charge in [0.15, 0.2) is 0 Å². The molecule has 0 aliphatic heterocycles. The Balaban J connectivity index is 2.03. The number of hydrogen-bond acceptors (Lipinski definition) is 6. The largest absolute Gasteiger partial charge is 0.468 e. The van der Waals surface area contributed by atoms with Crippen molar-refractivity contribution in [3.63, 3.8) is 0 Å². The lowest BCUT2D eigenvalue weighted by Crippen LogP contribution is -2.33. The smallest absolute Gasteiger partial charge is 0.239 e. The minimum Gasteiger partial charge on any atom is -0.468 e. The summed E-state index contributed by atoms with van der Waals surface area (Å²) in [4.78, 5) is 15.2. The number of carbonyl (C=O) groups is 1. The third-order valence-corrected chi connectivity index (χ3v) is 4.74. The molecular formula is C17H18N4O2S. The molecule has 0 aromatic carbocycles. The van der Waals surface area contributed by atoms with Crippen molar-refractivity contribution in [3.8, 4) is 12.1 Å². The fourth-order valence-corrected chi connectivity index (χ4v) is 3.29. The minimum absolute atomic E-state index is 0.128. The third kappa shape index (κ3) is 4.45. The number of amides is 1. The zero-order valence-electron chi connectivity index (χ0n) is 13.6. The van der Waals surface area contributed by atoms with Gasteiger partial charge in [0, 0.05) is 17.8 Å². The van der Waals surface area contributed by atoms with Crippen molar-refractivity contribution in [2.24, 2.45) is 0 Å². The lowest BCUT2D eigenvalue weighted by atomic mass is 10.2. The second-order valence-electron chi connectivity index (χ2n) is 5.35. The van der Waals surface area contributed by atoms with Crippen LogP contribution in [0.15, 0.2) is 22.8 Å². The number of nitriles is 2. The highest BCUT2D eigenvalue weighted by atomic mass is 32.1. The van der Waals surface area contributed by atoms with E-state index in [1.807, 2.05) is 24.8 Å². The number of rotatable bonds is 7. The van der Waals surface area contributed by atoms with Gasteiger partial charge in [0.25, 0.3) is 0 Å². The Kier molecular flexibility index (Phi) is 6.14. The van der Waals surface area contributed by atoms with Gasteiger partial charge >= 0.3 is 0 Å². The first kappa shape index (κ1) is 17.7. The highest BCUT2D eigenvalue weighted by Gasteiger charge is 2.17. The van der Waals surface area contributed by atoms with Gasteiger partial charge in [0.2, 0.25) is 5.91 Å². The fourth-order valence-electron chi connectivity index (χ4n) is 2.26. The van der Waals surface area contributed by atoms with Gasteiger partial charge in [0.1, 0.15) is 16.8 Å². The first-order valence-corrected chi connectivity index (χ1v) is 8.28. The molecule has 0 radical (unpaired) electrons. The summed E-state index contributed by atoms with van der Waals surface area (Å²) in [6, 6.07) is 7.84. The van der Waals surface area contributed by atoms with Crippen LogP contribution < -0.4 is 5.32 Å². The molecule has 0 atom stereocenters. The second kappa shape index (κ2) is 8.30. The average Bonchev–Trinajstić information content (AvgIpc) is 3.14. The van der Waals surface area contributed by atoms with Crippen LogP contribution in [0, 0.1) is 36.5 Å². The minimum atomic E-state index is -0.211. The number of thiophene rings is 1. The van der Waals surface area contributed by atoms with E-state index < -0.39 is 0 Å². The van der Waals surface area contributed by atoms with Crippen LogP contribution in [0.25, 0.3) is 0 Å². The molecule has 2 aromatic rings. The zero-order chi connectivity index (χ0) is 17.5. The van der Waals surface area contributed by atoms with Gasteiger partial charge in [-0.2, -0.15) is 10.5 Å². The highest BCUT2D eigenvalue weighted by molar-refractivity contribution is 7.16. The predicted octanol–water partition coefficient (Wildman–Crippen LogP) is 3.18. The summed E-state index contributed by atoms with van der Waals surface area (Å²) in [5.41, 5.74) is 1.41. The second-order valence-corrected chi connectivity index (χ2v) is 6.57. The quantitative estimate of drug-likeness (QED) is 0.834. The Morgan fingerprint density at radius 2 is 2.21 bits per heavy atom. The van der Waals surface area contributed by atoms with E-state index in [0.29, 0.717) is 30.1 Å². The molecule has 0 spiro atoms. The summed E-state index contributed by atoms with van der Waals surface area (Å²) in [7, 11) is 0. The van der Waals surface area contributed by atoms with Gasteiger partial charge in [-0.05, 0) is 31.5 Å². The van der Waals surface area contributed by atoms with E-state index in [1.54, 1.807) is 12.3 Å². The Bertz CT molecular complexity index is 781. The van der Waals surface area contributed by atoms with Gasteiger partial charge in [-0.25, -0.2) is 0 Å². The molecule has 0 saturated carbocycles. The molecule has 124 valence electrons. The van der Waals surface area contributed by atoms with Gasteiger partial charge in [-0.1, -0.05) is 0 Å². The molecule has 0 aliphatic carbocycles. The molecule has 0 bridgehead atoms. The molecule has 24 heavy (non-hydrogen) atoms. The van der Waals surface area contributed by atoms with Crippen LogP contribution in [0.3, 0.4) is 0 Å². The van der Waals surface area contributed by atoms with E-state index in [1.165, 1.54) is 11.3 Å². The molecule has 0 unspecified atom stereocenters. The molecule has 0 saturated heterocycles. The summed E-state index contributed by atoms with van der Waals surface area (Å²) < 4.78 is 5.30. The van der Waals surface area contributed by atoms with Crippen LogP contribution in [0.1, 0.15) is 28.2 Å². The number of carbonyl (C=O) groups excluding carboxylic acids is 1. The van der Waals surface area contributed by atoms with Crippen molar-refractivity contribution >= 4 is 22.2 Å². The number of furan rings is 1. The Morgan fingerprint density at radius 1 is 1.42 bits per heavy atom. The number of aryl methyl sites for hydroxylation is 1. The van der Waals surface area contributed by atoms with Crippen molar-refractivity contribution in [3.05, 3.63) is 40.2 Å². The Morgan fingerprint density at radius 3 is 2.83 bits per heavy atom. The fraction of sp³-hybridized carbons (Fsp3) is 0.353. The van der Waals surface area contributed by atoms with Crippen LogP contribution in [-0.4, -0.2) is 23.9 Å². The molecule has 6 nitrogen and oxygen atoms in total. The van der Waals surface area contributed by atoms with Crippen molar-refractivity contribution in [1.29, 1.82) is 10.5 Å². The van der Waals surface area contributed by atoms with Crippen molar-refractivity contribution in [2.45, 2.75) is 26.8 Å². The van der Waals surface area contributed by atoms with E-state index in [0.717, 1.165) is 16.2 Å². The number of hydrogen-bond donors (Lipinski definition) is 1. The number of anilines is 1. The maximum atomic E-state index is 12.3. The lowest BCUT2D eigenvalue weighted by Gasteiger charge is -2.19. The molecule has 1 N–H and O–H groups in total. The monoisotopic (exact) mass is 342 g/mol. The van der Waals surface area contributed by atoms with Crippen LogP contribution in [0.5, 0.6) is 0 Å². The number of nitrogens with one attached hydrogen (secondary N) is 1. The molecule has 2 rings (SSSR count). The summed E-state index contributed by atoms with van der Waals surface area (Å²) in [5.74, 6) is 0.526. The van der Waals surface area contributed by atoms with Crippen LogP contribution in [0.4, 0.5) is 5.00 Å². The van der Waals surface area contributed by atoms with Gasteiger partial charge < -0.3 is 9.73 Å². The molecular weight excluding hydrogens is 324 g/mol. The standard InChI is InChI=1S/C17H18N4O2S/c1-12-13(2)24-17(15(12)9-19)20-16(22)11-21(7-4-6-18)10-14-5-3-8-23-14/h3,5,8H,4,7,10-11H2,1-2H3,(H,20,22). The van der Waals surface area contributed by atoms with Crippen molar-refractivity contribution in [2.75, 3.05) is 18.4 Å². The summed E-state index contributed by atoms with van der Waals surface area (Å²) in [6.45, 7) is 4.85. The topological polar surface area (TPSA) is 93.1 Å². The SMILES string of the molecule is Cc1sc(NC(=O)CN(CCC#N)Cc2ccco2)c(C#N)c1C. The Labute approximate surface area is 144 Å². The van der Waals surface area contributed by atoms with E-state index >= 15 is 0 Å². The third-order valence-electron chi connectivity index (χ3n) is 3.62. The van der Waals surface area contributed by atoms with Crippen LogP contribution in [-0.2, 0) is 11.3 Å². The first-order chi connectivity index (χ1) is 11.5. The van der Waals surface area contributed by atoms with E-state index in [4.69, 9.17) is 9.68 Å². The predicted molar refractivity (Wildman–Crippen MR) is 91.4 cm³/mol. The number of nitrogens with zero attached hydrogens (tertiary/aromatic N) is 3. The van der Waals surface area contributed by atoms with Gasteiger partial charge in [-0.15, -0.1) is 11.3 Å². The molecule has 1 amide bonds. The van der Waals surface area contributed by atoms with E-state index in [9.17, 15) is 10.1 Å². The molecule has 0 aliphatic rings. The normalized spacial score (nSPS) is 10.4. The highest BCUT2D eigenvalue weighted by Crippen LogP contribution is 2.31. The molecule has 7 heteroatoms. The summed E-state index contributed by atoms with van der Waals surface area (Å²) >= 11 is 1.40. The summed E-state index contributed by atoms with van der Waals surface area (Å²) in [6.07, 6.45) is 1.91. The Hall–Kier alpha value is -2.61. The maximum Gasteiger partial charge on any atom is 0.239 e. The van der Waals surface area contributed by atoms with Crippen LogP contribution >= 0.6 is 11.3 Å². The zero-order valence-corrected chi connectivity index (χ0v) is 14.4. The molecule has 2 heterocycles. The van der Waals surface area contributed by atoms with Crippen molar-refractivity contribution in [1.82, 2.24) is 4.90 Å². The molecule has 0 fully saturated rings. The first-order valence-electron chi connectivity index (χ1n) is 7.46.